The molecule has 90 valence electrons. The minimum absolute atomic E-state index is 0.630. The molecular weight excluding hydrogens is 226 g/mol. The number of pyridine rings is 2. The predicted octanol–water partition coefficient (Wildman–Crippen LogP) is 2.24. The number of nitriles is 1. The number of aromatic nitrogens is 2. The summed E-state index contributed by atoms with van der Waals surface area (Å²) in [7, 11) is 0. The van der Waals surface area contributed by atoms with Gasteiger partial charge in [0.15, 0.2) is 5.66 Å². The van der Waals surface area contributed by atoms with Gasteiger partial charge < -0.3 is 10.6 Å². The molecule has 2 aromatic heterocycles. The molecule has 0 atom stereocenters. The molecule has 0 aliphatic carbocycles. The Kier molecular flexibility index (Phi) is 3.39. The van der Waals surface area contributed by atoms with Crippen molar-refractivity contribution < 1.29 is 0 Å². The first-order chi connectivity index (χ1) is 8.72. The van der Waals surface area contributed by atoms with Gasteiger partial charge in [0.1, 0.15) is 17.7 Å². The van der Waals surface area contributed by atoms with Crippen LogP contribution in [-0.4, -0.2) is 15.6 Å². The van der Waals surface area contributed by atoms with E-state index in [-0.39, 0.29) is 0 Å². The minimum atomic E-state index is -0.970. The van der Waals surface area contributed by atoms with E-state index < -0.39 is 5.66 Å². The van der Waals surface area contributed by atoms with E-state index in [1.54, 1.807) is 31.5 Å². The monoisotopic (exact) mass is 239 g/mol. The molecule has 2 rings (SSSR count). The van der Waals surface area contributed by atoms with Crippen LogP contribution in [0.2, 0.25) is 0 Å². The Labute approximate surface area is 106 Å². The average molecular weight is 239 g/mol. The van der Waals surface area contributed by atoms with Gasteiger partial charge in [0.2, 0.25) is 0 Å². The summed E-state index contributed by atoms with van der Waals surface area (Å²) in [6.45, 7) is 1.73. The van der Waals surface area contributed by atoms with Gasteiger partial charge in [-0.25, -0.2) is 9.97 Å². The normalized spacial score (nSPS) is 10.4. The Morgan fingerprint density at radius 3 is 1.83 bits per heavy atom. The van der Waals surface area contributed by atoms with Crippen molar-refractivity contribution in [3.63, 3.8) is 0 Å². The SMILES string of the molecule is CC(C#N)(Nc1ccccn1)Nc1ccccn1. The van der Waals surface area contributed by atoms with Gasteiger partial charge in [-0.3, -0.25) is 0 Å². The van der Waals surface area contributed by atoms with Crippen LogP contribution in [0.1, 0.15) is 6.92 Å². The van der Waals surface area contributed by atoms with Gasteiger partial charge in [0, 0.05) is 12.4 Å². The third kappa shape index (κ3) is 2.95. The summed E-state index contributed by atoms with van der Waals surface area (Å²) in [5.74, 6) is 1.26. The van der Waals surface area contributed by atoms with Gasteiger partial charge in [0.05, 0.1) is 0 Å². The maximum absolute atomic E-state index is 9.28. The van der Waals surface area contributed by atoms with Gasteiger partial charge in [-0.05, 0) is 31.2 Å². The number of hydrogen-bond acceptors (Lipinski definition) is 5. The molecule has 0 unspecified atom stereocenters. The molecule has 2 aromatic rings. The van der Waals surface area contributed by atoms with E-state index in [1.165, 1.54) is 0 Å². The van der Waals surface area contributed by atoms with E-state index in [0.717, 1.165) is 0 Å². The fraction of sp³-hybridized carbons (Fsp3) is 0.154. The summed E-state index contributed by atoms with van der Waals surface area (Å²) in [5.41, 5.74) is -0.970. The molecule has 0 saturated heterocycles. The van der Waals surface area contributed by atoms with Crippen molar-refractivity contribution in [2.45, 2.75) is 12.6 Å². The van der Waals surface area contributed by atoms with E-state index in [9.17, 15) is 5.26 Å². The van der Waals surface area contributed by atoms with Crippen molar-refractivity contribution in [2.24, 2.45) is 0 Å². The number of nitrogens with zero attached hydrogens (tertiary/aromatic N) is 3. The lowest BCUT2D eigenvalue weighted by atomic mass is 10.2. The zero-order chi connectivity index (χ0) is 12.8. The first kappa shape index (κ1) is 11.9. The van der Waals surface area contributed by atoms with Gasteiger partial charge in [-0.1, -0.05) is 12.1 Å². The average Bonchev–Trinajstić information content (AvgIpc) is 2.41. The van der Waals surface area contributed by atoms with Gasteiger partial charge >= 0.3 is 0 Å². The Bertz CT molecular complexity index is 491. The zero-order valence-corrected chi connectivity index (χ0v) is 9.96. The molecule has 18 heavy (non-hydrogen) atoms. The summed E-state index contributed by atoms with van der Waals surface area (Å²) in [5, 5.41) is 15.3. The van der Waals surface area contributed by atoms with Crippen LogP contribution >= 0.6 is 0 Å². The summed E-state index contributed by atoms with van der Waals surface area (Å²) in [6, 6.07) is 13.1. The molecule has 5 nitrogen and oxygen atoms in total. The third-order valence-electron chi connectivity index (χ3n) is 2.31. The molecule has 0 aromatic carbocycles. The molecule has 0 radical (unpaired) electrons. The fourth-order valence-corrected chi connectivity index (χ4v) is 1.47. The van der Waals surface area contributed by atoms with Crippen LogP contribution in [0.5, 0.6) is 0 Å². The van der Waals surface area contributed by atoms with Crippen LogP contribution in [-0.2, 0) is 0 Å². The van der Waals surface area contributed by atoms with Crippen molar-refractivity contribution in [2.75, 3.05) is 10.6 Å². The standard InChI is InChI=1S/C13H13N5/c1-13(10-14,17-11-6-2-4-8-15-11)18-12-7-3-5-9-16-12/h2-9H,1H3,(H,15,17)(H,16,18). The highest BCUT2D eigenvalue weighted by Crippen LogP contribution is 2.14. The third-order valence-corrected chi connectivity index (χ3v) is 2.31. The molecule has 0 saturated carbocycles. The number of anilines is 2. The molecule has 0 bridgehead atoms. The van der Waals surface area contributed by atoms with E-state index in [2.05, 4.69) is 26.7 Å². The zero-order valence-electron chi connectivity index (χ0n) is 9.96. The molecule has 0 aliphatic rings. The first-order valence-electron chi connectivity index (χ1n) is 5.51. The lowest BCUT2D eigenvalue weighted by Gasteiger charge is -2.25. The lowest BCUT2D eigenvalue weighted by molar-refractivity contribution is 0.736. The van der Waals surface area contributed by atoms with Crippen molar-refractivity contribution >= 4 is 11.6 Å². The van der Waals surface area contributed by atoms with Crippen molar-refractivity contribution in [3.05, 3.63) is 48.8 Å². The quantitative estimate of drug-likeness (QED) is 0.800. The summed E-state index contributed by atoms with van der Waals surface area (Å²) in [4.78, 5) is 8.26. The maximum atomic E-state index is 9.28. The van der Waals surface area contributed by atoms with Gasteiger partial charge in [0.25, 0.3) is 0 Å². The Hall–Kier alpha value is -2.61. The molecule has 0 aliphatic heterocycles. The van der Waals surface area contributed by atoms with Crippen molar-refractivity contribution in [3.8, 4) is 6.07 Å². The van der Waals surface area contributed by atoms with Crippen LogP contribution in [0.15, 0.2) is 48.8 Å². The highest BCUT2D eigenvalue weighted by atomic mass is 15.2. The lowest BCUT2D eigenvalue weighted by Crippen LogP contribution is -2.42. The fourth-order valence-electron chi connectivity index (χ4n) is 1.47. The summed E-state index contributed by atoms with van der Waals surface area (Å²) in [6.07, 6.45) is 3.34. The number of rotatable bonds is 4. The van der Waals surface area contributed by atoms with Crippen LogP contribution in [0.25, 0.3) is 0 Å². The van der Waals surface area contributed by atoms with E-state index >= 15 is 0 Å². The van der Waals surface area contributed by atoms with E-state index in [4.69, 9.17) is 0 Å². The molecule has 2 heterocycles. The highest BCUT2D eigenvalue weighted by Gasteiger charge is 2.23. The second-order valence-electron chi connectivity index (χ2n) is 3.92. The molecule has 0 amide bonds. The van der Waals surface area contributed by atoms with Crippen molar-refractivity contribution in [1.29, 1.82) is 5.26 Å². The Balaban J connectivity index is 2.14. The molecule has 2 N–H and O–H groups in total. The van der Waals surface area contributed by atoms with E-state index in [0.29, 0.717) is 11.6 Å². The number of hydrogen-bond donors (Lipinski definition) is 2. The van der Waals surface area contributed by atoms with Crippen LogP contribution in [0.4, 0.5) is 11.6 Å². The molecule has 0 spiro atoms. The topological polar surface area (TPSA) is 73.6 Å². The molecular formula is C13H13N5. The summed E-state index contributed by atoms with van der Waals surface area (Å²) >= 11 is 0. The highest BCUT2D eigenvalue weighted by molar-refractivity contribution is 5.48. The predicted molar refractivity (Wildman–Crippen MR) is 69.7 cm³/mol. The summed E-state index contributed by atoms with van der Waals surface area (Å²) < 4.78 is 0. The Morgan fingerprint density at radius 1 is 1.00 bits per heavy atom. The minimum Gasteiger partial charge on any atom is -0.336 e. The van der Waals surface area contributed by atoms with Gasteiger partial charge in [-0.15, -0.1) is 0 Å². The van der Waals surface area contributed by atoms with Crippen LogP contribution < -0.4 is 10.6 Å². The van der Waals surface area contributed by atoms with Crippen LogP contribution in [0, 0.1) is 11.3 Å². The second kappa shape index (κ2) is 5.15. The van der Waals surface area contributed by atoms with Crippen molar-refractivity contribution in [1.82, 2.24) is 9.97 Å². The maximum Gasteiger partial charge on any atom is 0.197 e. The second-order valence-corrected chi connectivity index (χ2v) is 3.92. The first-order valence-corrected chi connectivity index (χ1v) is 5.51. The smallest absolute Gasteiger partial charge is 0.197 e. The Morgan fingerprint density at radius 2 is 1.50 bits per heavy atom. The molecule has 0 fully saturated rings. The van der Waals surface area contributed by atoms with Gasteiger partial charge in [-0.2, -0.15) is 5.26 Å². The largest absolute Gasteiger partial charge is 0.336 e. The number of nitrogens with one attached hydrogen (secondary N) is 2. The molecule has 5 heteroatoms. The van der Waals surface area contributed by atoms with E-state index in [1.807, 2.05) is 24.3 Å². The van der Waals surface area contributed by atoms with Crippen LogP contribution in [0.3, 0.4) is 0 Å².